The van der Waals surface area contributed by atoms with Gasteiger partial charge in [0.2, 0.25) is 0 Å². The highest BCUT2D eigenvalue weighted by Gasteiger charge is 2.18. The zero-order valence-electron chi connectivity index (χ0n) is 19.3. The van der Waals surface area contributed by atoms with E-state index in [1.54, 1.807) is 49.8 Å². The van der Waals surface area contributed by atoms with Gasteiger partial charge in [-0.05, 0) is 60.2 Å². The van der Waals surface area contributed by atoms with E-state index < -0.39 is 5.97 Å². The van der Waals surface area contributed by atoms with Gasteiger partial charge < -0.3 is 24.7 Å². The van der Waals surface area contributed by atoms with Crippen LogP contribution in [0.1, 0.15) is 21.5 Å². The van der Waals surface area contributed by atoms with Crippen molar-refractivity contribution in [2.45, 2.75) is 13.1 Å². The van der Waals surface area contributed by atoms with Gasteiger partial charge in [-0.1, -0.05) is 18.2 Å². The Morgan fingerprint density at radius 1 is 1.09 bits per heavy atom. The molecule has 0 saturated heterocycles. The molecule has 0 atom stereocenters. The molecular formula is C26H24N4O4S. The number of para-hydroxylation sites is 1. The summed E-state index contributed by atoms with van der Waals surface area (Å²) in [4.78, 5) is 34.0. The Bertz CT molecular complexity index is 1420. The molecule has 178 valence electrons. The van der Waals surface area contributed by atoms with E-state index in [2.05, 4.69) is 15.3 Å². The fourth-order valence-electron chi connectivity index (χ4n) is 3.67. The number of thiocarbonyl (C=S) groups is 1. The van der Waals surface area contributed by atoms with Gasteiger partial charge in [0.05, 0.1) is 32.0 Å². The summed E-state index contributed by atoms with van der Waals surface area (Å²) in [5.74, 6) is 0.217. The number of carbonyl (C=O) groups is 1. The van der Waals surface area contributed by atoms with Gasteiger partial charge in [-0.25, -0.2) is 4.79 Å². The first-order valence-electron chi connectivity index (χ1n) is 10.8. The van der Waals surface area contributed by atoms with Crippen molar-refractivity contribution in [3.05, 3.63) is 100 Å². The number of fused-ring (bicyclic) bond motifs is 1. The third kappa shape index (κ3) is 5.64. The van der Waals surface area contributed by atoms with Crippen LogP contribution in [0.3, 0.4) is 0 Å². The number of anilines is 1. The van der Waals surface area contributed by atoms with Crippen molar-refractivity contribution in [1.82, 2.24) is 14.9 Å². The van der Waals surface area contributed by atoms with E-state index in [1.807, 2.05) is 35.2 Å². The zero-order chi connectivity index (χ0) is 24.8. The van der Waals surface area contributed by atoms with Crippen molar-refractivity contribution in [3.8, 4) is 5.75 Å². The molecule has 2 aromatic carbocycles. The third-order valence-corrected chi connectivity index (χ3v) is 5.81. The standard InChI is InChI=1S/C26H24N4O4S/c1-33-20-9-10-22-18(13-20)12-19(24(31)28-22)16-30(15-17-6-5-11-27-14-17)26(35)29-23-8-4-3-7-21(23)25(32)34-2/h3-14H,15-16H2,1-2H3,(H,28,31)(H,29,35). The minimum atomic E-state index is -0.477. The lowest BCUT2D eigenvalue weighted by Gasteiger charge is -2.26. The lowest BCUT2D eigenvalue weighted by Crippen LogP contribution is -2.36. The number of nitrogens with zero attached hydrogens (tertiary/aromatic N) is 2. The molecule has 0 spiro atoms. The summed E-state index contributed by atoms with van der Waals surface area (Å²) in [7, 11) is 2.92. The fraction of sp³-hybridized carbons (Fsp3) is 0.154. The van der Waals surface area contributed by atoms with E-state index in [1.165, 1.54) is 7.11 Å². The van der Waals surface area contributed by atoms with Crippen molar-refractivity contribution in [2.24, 2.45) is 0 Å². The fourth-order valence-corrected chi connectivity index (χ4v) is 3.90. The average molecular weight is 489 g/mol. The normalized spacial score (nSPS) is 10.6. The smallest absolute Gasteiger partial charge is 0.339 e. The summed E-state index contributed by atoms with van der Waals surface area (Å²) >= 11 is 5.73. The molecule has 0 amide bonds. The van der Waals surface area contributed by atoms with Crippen molar-refractivity contribution in [2.75, 3.05) is 19.5 Å². The Hall–Kier alpha value is -4.24. The molecule has 2 aromatic heterocycles. The largest absolute Gasteiger partial charge is 0.497 e. The maximum absolute atomic E-state index is 12.9. The molecule has 9 heteroatoms. The second-order valence-electron chi connectivity index (χ2n) is 7.76. The first-order valence-corrected chi connectivity index (χ1v) is 11.2. The number of benzene rings is 2. The average Bonchev–Trinajstić information content (AvgIpc) is 2.88. The molecule has 2 heterocycles. The van der Waals surface area contributed by atoms with Crippen LogP contribution >= 0.6 is 12.2 Å². The molecule has 0 radical (unpaired) electrons. The van der Waals surface area contributed by atoms with Gasteiger partial charge in [0.1, 0.15) is 5.75 Å². The van der Waals surface area contributed by atoms with Gasteiger partial charge >= 0.3 is 5.97 Å². The van der Waals surface area contributed by atoms with Gasteiger partial charge in [0.15, 0.2) is 5.11 Å². The summed E-state index contributed by atoms with van der Waals surface area (Å²) in [5, 5.41) is 4.33. The molecule has 0 saturated carbocycles. The maximum Gasteiger partial charge on any atom is 0.339 e. The monoisotopic (exact) mass is 488 g/mol. The topological polar surface area (TPSA) is 96.5 Å². The van der Waals surface area contributed by atoms with Gasteiger partial charge in [0.25, 0.3) is 5.56 Å². The molecule has 0 aliphatic rings. The number of aromatic amines is 1. The number of rotatable bonds is 7. The second-order valence-corrected chi connectivity index (χ2v) is 8.15. The number of carbonyl (C=O) groups excluding carboxylic acids is 1. The SMILES string of the molecule is COC(=O)c1ccccc1NC(=S)N(Cc1cccnc1)Cc1cc2cc(OC)ccc2[nH]c1=O. The van der Waals surface area contributed by atoms with Crippen molar-refractivity contribution in [3.63, 3.8) is 0 Å². The van der Waals surface area contributed by atoms with Crippen LogP contribution in [0.4, 0.5) is 5.69 Å². The minimum Gasteiger partial charge on any atom is -0.497 e. The van der Waals surface area contributed by atoms with Crippen LogP contribution in [0.15, 0.2) is 77.9 Å². The Morgan fingerprint density at radius 3 is 2.66 bits per heavy atom. The molecule has 0 aliphatic carbocycles. The predicted octanol–water partition coefficient (Wildman–Crippen LogP) is 4.12. The summed E-state index contributed by atoms with van der Waals surface area (Å²) in [6.45, 7) is 0.624. The van der Waals surface area contributed by atoms with E-state index in [0.29, 0.717) is 39.7 Å². The lowest BCUT2D eigenvalue weighted by molar-refractivity contribution is 0.0602. The number of nitrogens with one attached hydrogen (secondary N) is 2. The Kier molecular flexibility index (Phi) is 7.37. The number of hydrogen-bond donors (Lipinski definition) is 2. The lowest BCUT2D eigenvalue weighted by atomic mass is 10.1. The zero-order valence-corrected chi connectivity index (χ0v) is 20.1. The second kappa shape index (κ2) is 10.8. The van der Waals surface area contributed by atoms with Gasteiger partial charge in [-0.3, -0.25) is 9.78 Å². The first-order chi connectivity index (χ1) is 17.0. The number of aromatic nitrogens is 2. The molecule has 0 aliphatic heterocycles. The molecule has 0 unspecified atom stereocenters. The molecule has 0 fully saturated rings. The van der Waals surface area contributed by atoms with Crippen molar-refractivity contribution >= 4 is 39.9 Å². The summed E-state index contributed by atoms with van der Waals surface area (Å²) in [6.07, 6.45) is 3.44. The van der Waals surface area contributed by atoms with E-state index in [-0.39, 0.29) is 12.1 Å². The molecular weight excluding hydrogens is 464 g/mol. The van der Waals surface area contributed by atoms with E-state index in [4.69, 9.17) is 21.7 Å². The van der Waals surface area contributed by atoms with E-state index in [9.17, 15) is 9.59 Å². The number of H-pyrrole nitrogens is 1. The highest BCUT2D eigenvalue weighted by molar-refractivity contribution is 7.80. The van der Waals surface area contributed by atoms with Crippen LogP contribution in [0.25, 0.3) is 10.9 Å². The molecule has 2 N–H and O–H groups in total. The Morgan fingerprint density at radius 2 is 1.91 bits per heavy atom. The van der Waals surface area contributed by atoms with Crippen LogP contribution in [-0.2, 0) is 17.8 Å². The highest BCUT2D eigenvalue weighted by atomic mass is 32.1. The number of hydrogen-bond acceptors (Lipinski definition) is 6. The highest BCUT2D eigenvalue weighted by Crippen LogP contribution is 2.21. The van der Waals surface area contributed by atoms with Crippen LogP contribution in [0.5, 0.6) is 5.75 Å². The number of ether oxygens (including phenoxy) is 2. The first kappa shape index (κ1) is 23.9. The van der Waals surface area contributed by atoms with Gasteiger partial charge in [0, 0.05) is 35.4 Å². The molecule has 0 bridgehead atoms. The summed E-state index contributed by atoms with van der Waals surface area (Å²) < 4.78 is 10.2. The molecule has 35 heavy (non-hydrogen) atoms. The molecule has 8 nitrogen and oxygen atoms in total. The van der Waals surface area contributed by atoms with Gasteiger partial charge in [-0.2, -0.15) is 0 Å². The van der Waals surface area contributed by atoms with Gasteiger partial charge in [-0.15, -0.1) is 0 Å². The van der Waals surface area contributed by atoms with Crippen LogP contribution in [0, 0.1) is 0 Å². The number of pyridine rings is 2. The van der Waals surface area contributed by atoms with Crippen molar-refractivity contribution < 1.29 is 14.3 Å². The maximum atomic E-state index is 12.9. The third-order valence-electron chi connectivity index (χ3n) is 5.45. The number of esters is 1. The minimum absolute atomic E-state index is 0.211. The van der Waals surface area contributed by atoms with Crippen LogP contribution in [0.2, 0.25) is 0 Å². The summed E-state index contributed by atoms with van der Waals surface area (Å²) in [6, 6.07) is 18.0. The van der Waals surface area contributed by atoms with E-state index >= 15 is 0 Å². The van der Waals surface area contributed by atoms with Crippen LogP contribution < -0.4 is 15.6 Å². The van der Waals surface area contributed by atoms with Crippen LogP contribution in [-0.4, -0.2) is 40.2 Å². The van der Waals surface area contributed by atoms with E-state index in [0.717, 1.165) is 10.9 Å². The molecule has 4 aromatic rings. The Labute approximate surface area is 207 Å². The summed E-state index contributed by atoms with van der Waals surface area (Å²) in [5.41, 5.74) is 2.81. The predicted molar refractivity (Wildman–Crippen MR) is 139 cm³/mol. The Balaban J connectivity index is 1.67. The number of methoxy groups -OCH3 is 2. The molecule has 4 rings (SSSR count). The quantitative estimate of drug-likeness (QED) is 0.296. The van der Waals surface area contributed by atoms with Crippen molar-refractivity contribution in [1.29, 1.82) is 0 Å².